The fraction of sp³-hybridized carbons (Fsp3) is 0.600. The van der Waals surface area contributed by atoms with Crippen LogP contribution in [0, 0.1) is 11.8 Å². The van der Waals surface area contributed by atoms with Crippen LogP contribution in [0.25, 0.3) is 0 Å². The number of carboxylic acids is 1. The van der Waals surface area contributed by atoms with E-state index in [-0.39, 0.29) is 24.0 Å². The minimum Gasteiger partial charge on any atom is -0.481 e. The summed E-state index contributed by atoms with van der Waals surface area (Å²) in [5.41, 5.74) is 0. The van der Waals surface area contributed by atoms with Gasteiger partial charge >= 0.3 is 5.97 Å². The molecule has 1 rings (SSSR count). The molecule has 0 heterocycles. The molecule has 0 bridgehead atoms. The Hall–Kier alpha value is -1.68. The molecule has 0 radical (unpaired) electrons. The summed E-state index contributed by atoms with van der Waals surface area (Å²) in [6.07, 6.45) is 17.0. The van der Waals surface area contributed by atoms with Crippen molar-refractivity contribution < 1.29 is 19.8 Å². The molecule has 3 atom stereocenters. The molecule has 0 unspecified atom stereocenters. The first-order valence-corrected chi connectivity index (χ1v) is 8.99. The van der Waals surface area contributed by atoms with Crippen molar-refractivity contribution in [1.29, 1.82) is 0 Å². The number of aliphatic hydroxyl groups excluding tert-OH is 1. The van der Waals surface area contributed by atoms with Crippen molar-refractivity contribution in [3.05, 3.63) is 36.5 Å². The zero-order valence-electron chi connectivity index (χ0n) is 14.6. The summed E-state index contributed by atoms with van der Waals surface area (Å²) >= 11 is 0. The van der Waals surface area contributed by atoms with E-state index in [1.54, 1.807) is 6.08 Å². The molecule has 2 N–H and O–H groups in total. The van der Waals surface area contributed by atoms with Crippen molar-refractivity contribution in [3.8, 4) is 0 Å². The third-order valence-corrected chi connectivity index (χ3v) is 4.29. The first-order chi connectivity index (χ1) is 11.5. The van der Waals surface area contributed by atoms with Gasteiger partial charge in [0.1, 0.15) is 0 Å². The van der Waals surface area contributed by atoms with Gasteiger partial charge in [0.25, 0.3) is 0 Å². The Balaban J connectivity index is 2.38. The molecule has 0 spiro atoms. The monoisotopic (exact) mass is 334 g/mol. The van der Waals surface area contributed by atoms with Gasteiger partial charge in [0.15, 0.2) is 5.78 Å². The molecule has 0 aromatic heterocycles. The summed E-state index contributed by atoms with van der Waals surface area (Å²) in [4.78, 5) is 22.4. The number of unbranched alkanes of at least 4 members (excludes halogenated alkanes) is 3. The molecule has 0 aliphatic heterocycles. The summed E-state index contributed by atoms with van der Waals surface area (Å²) in [5, 5.41) is 18.5. The zero-order valence-corrected chi connectivity index (χ0v) is 14.6. The van der Waals surface area contributed by atoms with E-state index in [0.29, 0.717) is 12.8 Å². The molecule has 0 aromatic rings. The normalized spacial score (nSPS) is 22.0. The lowest BCUT2D eigenvalue weighted by Crippen LogP contribution is -2.14. The molecule has 0 saturated heterocycles. The lowest BCUT2D eigenvalue weighted by molar-refractivity contribution is -0.137. The lowest BCUT2D eigenvalue weighted by Gasteiger charge is -2.13. The summed E-state index contributed by atoms with van der Waals surface area (Å²) in [7, 11) is 0. The maximum atomic E-state index is 12.0. The highest BCUT2D eigenvalue weighted by Crippen LogP contribution is 2.27. The van der Waals surface area contributed by atoms with Crippen molar-refractivity contribution in [1.82, 2.24) is 0 Å². The highest BCUT2D eigenvalue weighted by molar-refractivity contribution is 5.95. The average Bonchev–Trinajstić information content (AvgIpc) is 2.89. The topological polar surface area (TPSA) is 74.6 Å². The van der Waals surface area contributed by atoms with Crippen LogP contribution in [0.3, 0.4) is 0 Å². The van der Waals surface area contributed by atoms with Crippen LogP contribution in [-0.2, 0) is 9.59 Å². The molecule has 1 aliphatic carbocycles. The van der Waals surface area contributed by atoms with Gasteiger partial charge in [-0.05, 0) is 31.8 Å². The van der Waals surface area contributed by atoms with Gasteiger partial charge in [-0.3, -0.25) is 9.59 Å². The van der Waals surface area contributed by atoms with Gasteiger partial charge in [-0.1, -0.05) is 56.6 Å². The smallest absolute Gasteiger partial charge is 0.303 e. The van der Waals surface area contributed by atoms with Crippen molar-refractivity contribution in [2.75, 3.05) is 0 Å². The number of aliphatic carboxylic acids is 1. The van der Waals surface area contributed by atoms with Crippen molar-refractivity contribution in [2.24, 2.45) is 11.8 Å². The van der Waals surface area contributed by atoms with Gasteiger partial charge in [0.05, 0.1) is 6.10 Å². The number of carbonyl (C=O) groups excluding carboxylic acids is 1. The highest BCUT2D eigenvalue weighted by atomic mass is 16.4. The maximum Gasteiger partial charge on any atom is 0.303 e. The van der Waals surface area contributed by atoms with Gasteiger partial charge in [0, 0.05) is 18.3 Å². The average molecular weight is 334 g/mol. The Morgan fingerprint density at radius 1 is 1.29 bits per heavy atom. The predicted molar refractivity (Wildman–Crippen MR) is 95.7 cm³/mol. The van der Waals surface area contributed by atoms with Crippen LogP contribution in [0.4, 0.5) is 0 Å². The molecular weight excluding hydrogens is 304 g/mol. The molecule has 0 aromatic carbocycles. The van der Waals surface area contributed by atoms with Crippen LogP contribution in [0.15, 0.2) is 36.5 Å². The first-order valence-electron chi connectivity index (χ1n) is 8.99. The number of allylic oxidation sites excluding steroid dienone is 5. The Morgan fingerprint density at radius 2 is 2.08 bits per heavy atom. The lowest BCUT2D eigenvalue weighted by atomic mass is 9.90. The van der Waals surface area contributed by atoms with Crippen LogP contribution in [0.2, 0.25) is 0 Å². The molecule has 1 aliphatic rings. The first kappa shape index (κ1) is 20.4. The fourth-order valence-corrected chi connectivity index (χ4v) is 2.81. The second-order valence-corrected chi connectivity index (χ2v) is 6.39. The molecule has 0 amide bonds. The summed E-state index contributed by atoms with van der Waals surface area (Å²) in [5.74, 6) is -0.705. The van der Waals surface area contributed by atoms with Crippen LogP contribution in [0.5, 0.6) is 0 Å². The van der Waals surface area contributed by atoms with Crippen LogP contribution >= 0.6 is 0 Å². The Morgan fingerprint density at radius 3 is 2.79 bits per heavy atom. The molecule has 0 saturated carbocycles. The summed E-state index contributed by atoms with van der Waals surface area (Å²) in [6, 6.07) is 0. The van der Waals surface area contributed by atoms with Gasteiger partial charge < -0.3 is 10.2 Å². The maximum absolute atomic E-state index is 12.0. The van der Waals surface area contributed by atoms with E-state index in [4.69, 9.17) is 5.11 Å². The quantitative estimate of drug-likeness (QED) is 0.417. The van der Waals surface area contributed by atoms with Crippen molar-refractivity contribution in [2.45, 2.75) is 64.4 Å². The third kappa shape index (κ3) is 8.25. The molecular formula is C20H30O4. The van der Waals surface area contributed by atoms with E-state index >= 15 is 0 Å². The Bertz CT molecular complexity index is 476. The standard InChI is InChI=1S/C20H30O4/c1-2-3-6-9-17(21)14-12-16-13-15-19(22)18(16)10-7-4-5-8-11-20(23)24/h4,7,12-18,21H,2-3,5-6,8-11H2,1H3,(H,23,24)/b7-4-,14-12-/t16-,17+,18-/m1/s1. The SMILES string of the molecule is CCCCC[C@H](O)/C=C\[C@@H]1C=CC(=O)[C@@H]1C/C=C\CCCC(=O)O. The number of hydrogen-bond donors (Lipinski definition) is 2. The van der Waals surface area contributed by atoms with Crippen LogP contribution in [0.1, 0.15) is 58.3 Å². The van der Waals surface area contributed by atoms with E-state index in [1.807, 2.05) is 30.4 Å². The summed E-state index contributed by atoms with van der Waals surface area (Å²) in [6.45, 7) is 2.14. The zero-order chi connectivity index (χ0) is 17.8. The predicted octanol–water partition coefficient (Wildman–Crippen LogP) is 4.06. The molecule has 134 valence electrons. The number of aliphatic hydroxyl groups is 1. The number of hydrogen-bond acceptors (Lipinski definition) is 3. The number of rotatable bonds is 12. The van der Waals surface area contributed by atoms with Gasteiger partial charge in [-0.15, -0.1) is 0 Å². The van der Waals surface area contributed by atoms with Crippen molar-refractivity contribution in [3.63, 3.8) is 0 Å². The van der Waals surface area contributed by atoms with Crippen LogP contribution < -0.4 is 0 Å². The number of carbonyl (C=O) groups is 2. The minimum absolute atomic E-state index is 0.0435. The van der Waals surface area contributed by atoms with Gasteiger partial charge in [-0.2, -0.15) is 0 Å². The van der Waals surface area contributed by atoms with E-state index < -0.39 is 12.1 Å². The fourth-order valence-electron chi connectivity index (χ4n) is 2.81. The second-order valence-electron chi connectivity index (χ2n) is 6.39. The number of ketones is 1. The van der Waals surface area contributed by atoms with Gasteiger partial charge in [0.2, 0.25) is 0 Å². The molecule has 0 fully saturated rings. The second kappa shape index (κ2) is 11.8. The highest BCUT2D eigenvalue weighted by Gasteiger charge is 2.27. The van der Waals surface area contributed by atoms with E-state index in [9.17, 15) is 14.7 Å². The minimum atomic E-state index is -0.777. The number of carboxylic acid groups (broad SMARTS) is 1. The van der Waals surface area contributed by atoms with E-state index in [0.717, 1.165) is 32.1 Å². The van der Waals surface area contributed by atoms with Crippen molar-refractivity contribution >= 4 is 11.8 Å². The van der Waals surface area contributed by atoms with Gasteiger partial charge in [-0.25, -0.2) is 0 Å². The molecule has 24 heavy (non-hydrogen) atoms. The van der Waals surface area contributed by atoms with E-state index in [2.05, 4.69) is 6.92 Å². The Labute approximate surface area is 145 Å². The largest absolute Gasteiger partial charge is 0.481 e. The molecule has 4 nitrogen and oxygen atoms in total. The third-order valence-electron chi connectivity index (χ3n) is 4.29. The summed E-state index contributed by atoms with van der Waals surface area (Å²) < 4.78 is 0. The van der Waals surface area contributed by atoms with Crippen LogP contribution in [-0.4, -0.2) is 28.1 Å². The van der Waals surface area contributed by atoms with E-state index in [1.165, 1.54) is 0 Å². The Kier molecular flexibility index (Phi) is 10.0. The molecule has 4 heteroatoms.